The Balaban J connectivity index is 1.59. The van der Waals surface area contributed by atoms with Crippen molar-refractivity contribution in [2.24, 2.45) is 7.05 Å². The largest absolute Gasteiger partial charge is 0.337 e. The summed E-state index contributed by atoms with van der Waals surface area (Å²) in [7, 11) is 3.40. The van der Waals surface area contributed by atoms with Gasteiger partial charge in [0, 0.05) is 32.4 Å². The first-order chi connectivity index (χ1) is 13.5. The van der Waals surface area contributed by atoms with Crippen LogP contribution in [0.1, 0.15) is 20.8 Å². The molecule has 0 spiro atoms. The number of nitrogens with zero attached hydrogens (tertiary/aromatic N) is 5. The summed E-state index contributed by atoms with van der Waals surface area (Å²) >= 11 is 1.26. The first kappa shape index (κ1) is 18.1. The van der Waals surface area contributed by atoms with Gasteiger partial charge >= 0.3 is 0 Å². The van der Waals surface area contributed by atoms with Crippen LogP contribution in [0.25, 0.3) is 15.9 Å². The number of fused-ring (bicyclic) bond motifs is 1. The van der Waals surface area contributed by atoms with Crippen molar-refractivity contribution in [1.29, 1.82) is 0 Å². The first-order valence-corrected chi connectivity index (χ1v) is 9.56. The molecular formula is C20H19N5O2S. The average Bonchev–Trinajstić information content (AvgIpc) is 3.30. The molecule has 0 bridgehead atoms. The molecule has 8 heteroatoms. The van der Waals surface area contributed by atoms with E-state index < -0.39 is 0 Å². The van der Waals surface area contributed by atoms with Crippen molar-refractivity contribution in [3.05, 3.63) is 75.4 Å². The molecule has 0 N–H and O–H groups in total. The van der Waals surface area contributed by atoms with Crippen LogP contribution in [0.15, 0.2) is 53.8 Å². The van der Waals surface area contributed by atoms with Gasteiger partial charge in [0.15, 0.2) is 0 Å². The third-order valence-electron chi connectivity index (χ3n) is 4.63. The smallest absolute Gasteiger partial charge is 0.264 e. The number of para-hydroxylation sites is 1. The predicted molar refractivity (Wildman–Crippen MR) is 109 cm³/mol. The Morgan fingerprint density at radius 3 is 2.75 bits per heavy atom. The second kappa shape index (κ2) is 7.05. The molecule has 0 aliphatic heterocycles. The van der Waals surface area contributed by atoms with Crippen LogP contribution in [0, 0.1) is 6.92 Å². The number of hydrogen-bond donors (Lipinski definition) is 0. The Kier molecular flexibility index (Phi) is 4.56. The van der Waals surface area contributed by atoms with Gasteiger partial charge in [-0.15, -0.1) is 11.3 Å². The predicted octanol–water partition coefficient (Wildman–Crippen LogP) is 2.76. The number of hydrogen-bond acceptors (Lipinski definition) is 5. The lowest BCUT2D eigenvalue weighted by atomic mass is 10.2. The maximum atomic E-state index is 13.0. The third kappa shape index (κ3) is 3.11. The number of carbonyl (C=O) groups excluding carboxylic acids is 1. The van der Waals surface area contributed by atoms with E-state index in [4.69, 9.17) is 0 Å². The Morgan fingerprint density at radius 1 is 1.25 bits per heavy atom. The van der Waals surface area contributed by atoms with E-state index in [1.165, 1.54) is 22.2 Å². The number of aromatic nitrogens is 4. The molecule has 0 aliphatic rings. The normalized spacial score (nSPS) is 11.1. The summed E-state index contributed by atoms with van der Waals surface area (Å²) in [6.45, 7) is 2.22. The fourth-order valence-corrected chi connectivity index (χ4v) is 4.23. The highest BCUT2D eigenvalue weighted by atomic mass is 32.1. The van der Waals surface area contributed by atoms with Crippen molar-refractivity contribution in [2.75, 3.05) is 7.05 Å². The summed E-state index contributed by atoms with van der Waals surface area (Å²) in [6, 6.07) is 9.80. The highest BCUT2D eigenvalue weighted by molar-refractivity contribution is 7.20. The molecule has 4 rings (SSSR count). The highest BCUT2D eigenvalue weighted by Gasteiger charge is 2.22. The van der Waals surface area contributed by atoms with Gasteiger partial charge in [-0.05, 0) is 24.6 Å². The van der Waals surface area contributed by atoms with E-state index in [1.807, 2.05) is 36.5 Å². The van der Waals surface area contributed by atoms with Gasteiger partial charge in [0.25, 0.3) is 11.5 Å². The van der Waals surface area contributed by atoms with E-state index >= 15 is 0 Å². The van der Waals surface area contributed by atoms with Gasteiger partial charge in [0.05, 0.1) is 28.5 Å². The minimum absolute atomic E-state index is 0.130. The van der Waals surface area contributed by atoms with E-state index in [1.54, 1.807) is 36.8 Å². The zero-order chi connectivity index (χ0) is 19.8. The van der Waals surface area contributed by atoms with Gasteiger partial charge in [-0.2, -0.15) is 5.10 Å². The molecular weight excluding hydrogens is 374 g/mol. The van der Waals surface area contributed by atoms with Gasteiger partial charge in [0.1, 0.15) is 4.83 Å². The summed E-state index contributed by atoms with van der Waals surface area (Å²) in [6.07, 6.45) is 5.15. The molecule has 1 aromatic carbocycles. The average molecular weight is 393 g/mol. The first-order valence-electron chi connectivity index (χ1n) is 8.75. The van der Waals surface area contributed by atoms with Gasteiger partial charge < -0.3 is 9.47 Å². The quantitative estimate of drug-likeness (QED) is 0.534. The molecule has 0 unspecified atom stereocenters. The lowest BCUT2D eigenvalue weighted by molar-refractivity contribution is 0.0789. The molecule has 4 aromatic rings. The molecule has 0 saturated heterocycles. The second-order valence-electron chi connectivity index (χ2n) is 6.69. The van der Waals surface area contributed by atoms with E-state index in [0.29, 0.717) is 27.2 Å². The number of aryl methyl sites for hydroxylation is 2. The van der Waals surface area contributed by atoms with E-state index in [-0.39, 0.29) is 11.5 Å². The number of thiophene rings is 1. The molecule has 0 radical (unpaired) electrons. The summed E-state index contributed by atoms with van der Waals surface area (Å²) in [5.41, 5.74) is 2.44. The standard InChI is InChI=1S/C20H19N5O2S/c1-13-16-18(21-12-24(3)19(16)26)28-17(13)20(27)23(2)10-14-9-22-25(11-14)15-7-5-4-6-8-15/h4-9,11-12H,10H2,1-3H3. The van der Waals surface area contributed by atoms with Gasteiger partial charge in [0.2, 0.25) is 0 Å². The van der Waals surface area contributed by atoms with Crippen molar-refractivity contribution < 1.29 is 4.79 Å². The van der Waals surface area contributed by atoms with Crippen LogP contribution < -0.4 is 5.56 Å². The minimum atomic E-state index is -0.135. The van der Waals surface area contributed by atoms with Crippen LogP contribution in [-0.2, 0) is 13.6 Å². The van der Waals surface area contributed by atoms with Gasteiger partial charge in [-0.25, -0.2) is 9.67 Å². The van der Waals surface area contributed by atoms with E-state index in [2.05, 4.69) is 10.1 Å². The van der Waals surface area contributed by atoms with Crippen LogP contribution in [0.4, 0.5) is 0 Å². The fraction of sp³-hybridized carbons (Fsp3) is 0.200. The number of rotatable bonds is 4. The number of carbonyl (C=O) groups is 1. The lowest BCUT2D eigenvalue weighted by Gasteiger charge is -2.15. The Morgan fingerprint density at radius 2 is 2.00 bits per heavy atom. The zero-order valence-electron chi connectivity index (χ0n) is 15.8. The SMILES string of the molecule is Cc1c(C(=O)N(C)Cc2cnn(-c3ccccc3)c2)sc2ncn(C)c(=O)c12. The maximum absolute atomic E-state index is 13.0. The zero-order valence-corrected chi connectivity index (χ0v) is 16.6. The van der Waals surface area contributed by atoms with Crippen molar-refractivity contribution >= 4 is 27.5 Å². The molecule has 1 amide bonds. The lowest BCUT2D eigenvalue weighted by Crippen LogP contribution is -2.26. The molecule has 0 fully saturated rings. The second-order valence-corrected chi connectivity index (χ2v) is 7.69. The molecule has 0 aliphatic carbocycles. The summed E-state index contributed by atoms with van der Waals surface area (Å²) in [5.74, 6) is -0.130. The molecule has 7 nitrogen and oxygen atoms in total. The number of amides is 1. The molecule has 0 atom stereocenters. The summed E-state index contributed by atoms with van der Waals surface area (Å²) < 4.78 is 3.21. The fourth-order valence-electron chi connectivity index (χ4n) is 3.10. The van der Waals surface area contributed by atoms with Gasteiger partial charge in [-0.1, -0.05) is 18.2 Å². The Hall–Kier alpha value is -3.26. The highest BCUT2D eigenvalue weighted by Crippen LogP contribution is 2.28. The third-order valence-corrected chi connectivity index (χ3v) is 5.82. The van der Waals surface area contributed by atoms with Crippen LogP contribution in [0.3, 0.4) is 0 Å². The summed E-state index contributed by atoms with van der Waals surface area (Å²) in [5, 5.41) is 4.89. The molecule has 0 saturated carbocycles. The van der Waals surface area contributed by atoms with Crippen molar-refractivity contribution in [3.8, 4) is 5.69 Å². The number of benzene rings is 1. The van der Waals surface area contributed by atoms with Crippen LogP contribution in [0.5, 0.6) is 0 Å². The van der Waals surface area contributed by atoms with Crippen LogP contribution in [0.2, 0.25) is 0 Å². The topological polar surface area (TPSA) is 73.0 Å². The molecule has 3 aromatic heterocycles. The molecule has 28 heavy (non-hydrogen) atoms. The Bertz CT molecular complexity index is 1220. The minimum Gasteiger partial charge on any atom is -0.337 e. The van der Waals surface area contributed by atoms with Gasteiger partial charge in [-0.3, -0.25) is 9.59 Å². The monoisotopic (exact) mass is 393 g/mol. The van der Waals surface area contributed by atoms with E-state index in [9.17, 15) is 9.59 Å². The Labute approximate surface area is 165 Å². The summed E-state index contributed by atoms with van der Waals surface area (Å²) in [4.78, 5) is 32.4. The van der Waals surface area contributed by atoms with Crippen molar-refractivity contribution in [3.63, 3.8) is 0 Å². The maximum Gasteiger partial charge on any atom is 0.264 e. The van der Waals surface area contributed by atoms with Crippen molar-refractivity contribution in [2.45, 2.75) is 13.5 Å². The van der Waals surface area contributed by atoms with Crippen LogP contribution in [-0.4, -0.2) is 37.2 Å². The molecule has 3 heterocycles. The van der Waals surface area contributed by atoms with E-state index in [0.717, 1.165) is 11.3 Å². The molecule has 142 valence electrons. The van der Waals surface area contributed by atoms with Crippen LogP contribution >= 0.6 is 11.3 Å². The van der Waals surface area contributed by atoms with Crippen molar-refractivity contribution in [1.82, 2.24) is 24.2 Å².